The van der Waals surface area contributed by atoms with Crippen molar-refractivity contribution in [3.8, 4) is 5.75 Å². The predicted octanol–water partition coefficient (Wildman–Crippen LogP) is 3.77. The van der Waals surface area contributed by atoms with Gasteiger partial charge in [-0.2, -0.15) is 0 Å². The van der Waals surface area contributed by atoms with E-state index in [2.05, 4.69) is 5.32 Å². The topological polar surface area (TPSA) is 58.6 Å². The molecule has 2 aromatic rings. The Labute approximate surface area is 161 Å². The summed E-state index contributed by atoms with van der Waals surface area (Å²) in [6.07, 6.45) is 2.05. The fourth-order valence-electron chi connectivity index (χ4n) is 3.96. The minimum atomic E-state index is -1.12. The van der Waals surface area contributed by atoms with Gasteiger partial charge >= 0.3 is 6.03 Å². The molecule has 1 aliphatic carbocycles. The zero-order valence-electron chi connectivity index (χ0n) is 14.7. The molecule has 1 N–H and O–H groups in total. The quantitative estimate of drug-likeness (QED) is 0.814. The molecule has 1 aliphatic heterocycles. The van der Waals surface area contributed by atoms with Crippen molar-refractivity contribution >= 4 is 23.5 Å². The summed E-state index contributed by atoms with van der Waals surface area (Å²) in [5, 5.41) is 3.04. The van der Waals surface area contributed by atoms with Gasteiger partial charge < -0.3 is 10.1 Å². The van der Waals surface area contributed by atoms with Gasteiger partial charge in [-0.3, -0.25) is 9.69 Å². The second-order valence-electron chi connectivity index (χ2n) is 6.80. The van der Waals surface area contributed by atoms with Gasteiger partial charge in [0.25, 0.3) is 5.91 Å². The van der Waals surface area contributed by atoms with E-state index in [0.29, 0.717) is 12.2 Å². The van der Waals surface area contributed by atoms with Crippen molar-refractivity contribution in [2.45, 2.75) is 31.3 Å². The van der Waals surface area contributed by atoms with Crippen LogP contribution in [0.1, 0.15) is 29.5 Å². The molecule has 1 atom stereocenters. The molecule has 7 heteroatoms. The van der Waals surface area contributed by atoms with E-state index in [1.165, 1.54) is 18.2 Å². The second kappa shape index (κ2) is 6.53. The average molecular weight is 389 g/mol. The first-order valence-electron chi connectivity index (χ1n) is 8.70. The highest BCUT2D eigenvalue weighted by atomic mass is 35.5. The Morgan fingerprint density at radius 3 is 2.85 bits per heavy atom. The Balaban J connectivity index is 1.72. The lowest BCUT2D eigenvalue weighted by molar-refractivity contribution is -0.132. The normalized spacial score (nSPS) is 21.4. The van der Waals surface area contributed by atoms with E-state index >= 15 is 0 Å². The Morgan fingerprint density at radius 2 is 2.11 bits per heavy atom. The van der Waals surface area contributed by atoms with Crippen LogP contribution in [0.2, 0.25) is 5.02 Å². The summed E-state index contributed by atoms with van der Waals surface area (Å²) in [6, 6.07) is 9.25. The molecule has 0 saturated carbocycles. The predicted molar refractivity (Wildman–Crippen MR) is 98.1 cm³/mol. The highest BCUT2D eigenvalue weighted by molar-refractivity contribution is 6.31. The van der Waals surface area contributed by atoms with Crippen LogP contribution in [0.25, 0.3) is 0 Å². The summed E-state index contributed by atoms with van der Waals surface area (Å²) in [5.74, 6) is -0.215. The van der Waals surface area contributed by atoms with Gasteiger partial charge in [0, 0.05) is 10.6 Å². The monoisotopic (exact) mass is 388 g/mol. The van der Waals surface area contributed by atoms with Gasteiger partial charge in [0.1, 0.15) is 17.1 Å². The van der Waals surface area contributed by atoms with Crippen molar-refractivity contribution in [3.05, 3.63) is 63.9 Å². The zero-order chi connectivity index (χ0) is 19.2. The van der Waals surface area contributed by atoms with E-state index in [1.807, 2.05) is 12.1 Å². The van der Waals surface area contributed by atoms with Crippen LogP contribution in [0, 0.1) is 5.82 Å². The molecule has 1 spiro atoms. The van der Waals surface area contributed by atoms with E-state index < -0.39 is 17.4 Å². The standard InChI is InChI=1S/C20H18ClFN2O3/c1-27-13-7-8-15-12(10-13)4-3-9-20(15)18(25)24(19(26)23-20)11-14-16(21)5-2-6-17(14)22/h2,5-8,10H,3-4,9,11H2,1H3,(H,23,26). The van der Waals surface area contributed by atoms with Crippen LogP contribution >= 0.6 is 11.6 Å². The molecule has 27 heavy (non-hydrogen) atoms. The molecule has 0 bridgehead atoms. The number of nitrogens with one attached hydrogen (secondary N) is 1. The lowest BCUT2D eigenvalue weighted by atomic mass is 9.76. The lowest BCUT2D eigenvalue weighted by Gasteiger charge is -2.33. The maximum absolute atomic E-state index is 14.1. The molecule has 0 aromatic heterocycles. The first-order valence-corrected chi connectivity index (χ1v) is 9.08. The summed E-state index contributed by atoms with van der Waals surface area (Å²) in [4.78, 5) is 26.9. The van der Waals surface area contributed by atoms with Crippen LogP contribution in [0.3, 0.4) is 0 Å². The van der Waals surface area contributed by atoms with Crippen molar-refractivity contribution < 1.29 is 18.7 Å². The van der Waals surface area contributed by atoms with Crippen molar-refractivity contribution in [2.24, 2.45) is 0 Å². The third kappa shape index (κ3) is 2.75. The molecule has 1 unspecified atom stereocenters. The number of rotatable bonds is 3. The number of urea groups is 1. The number of fused-ring (bicyclic) bond motifs is 2. The van der Waals surface area contributed by atoms with E-state index in [9.17, 15) is 14.0 Å². The first-order chi connectivity index (χ1) is 13.0. The van der Waals surface area contributed by atoms with Gasteiger partial charge in [0.15, 0.2) is 0 Å². The average Bonchev–Trinajstić information content (AvgIpc) is 2.89. The number of ether oxygens (including phenoxy) is 1. The number of hydrogen-bond acceptors (Lipinski definition) is 3. The molecule has 1 saturated heterocycles. The Hall–Kier alpha value is -2.60. The third-order valence-corrected chi connectivity index (χ3v) is 5.68. The van der Waals surface area contributed by atoms with Gasteiger partial charge in [-0.1, -0.05) is 23.7 Å². The van der Waals surface area contributed by atoms with E-state index in [1.54, 1.807) is 13.2 Å². The van der Waals surface area contributed by atoms with Gasteiger partial charge in [-0.05, 0) is 54.7 Å². The number of hydrogen-bond donors (Lipinski definition) is 1. The van der Waals surface area contributed by atoms with Gasteiger partial charge in [-0.15, -0.1) is 0 Å². The molecule has 4 rings (SSSR count). The molecule has 3 amide bonds. The van der Waals surface area contributed by atoms with Gasteiger partial charge in [0.2, 0.25) is 0 Å². The maximum atomic E-state index is 14.1. The Bertz CT molecular complexity index is 929. The number of imide groups is 1. The molecule has 140 valence electrons. The number of aryl methyl sites for hydroxylation is 1. The largest absolute Gasteiger partial charge is 0.497 e. The number of benzene rings is 2. The fourth-order valence-corrected chi connectivity index (χ4v) is 4.18. The molecule has 0 radical (unpaired) electrons. The molecule has 2 aromatic carbocycles. The minimum absolute atomic E-state index is 0.130. The molecular weight excluding hydrogens is 371 g/mol. The molecule has 1 heterocycles. The van der Waals surface area contributed by atoms with E-state index in [0.717, 1.165) is 28.9 Å². The number of halogens is 2. The van der Waals surface area contributed by atoms with Crippen molar-refractivity contribution in [3.63, 3.8) is 0 Å². The second-order valence-corrected chi connectivity index (χ2v) is 7.21. The van der Waals surface area contributed by atoms with Crippen LogP contribution in [-0.4, -0.2) is 23.9 Å². The Kier molecular flexibility index (Phi) is 4.30. The van der Waals surface area contributed by atoms with Crippen LogP contribution < -0.4 is 10.1 Å². The number of carbonyl (C=O) groups excluding carboxylic acids is 2. The van der Waals surface area contributed by atoms with Gasteiger partial charge in [0.05, 0.1) is 13.7 Å². The van der Waals surface area contributed by atoms with Crippen molar-refractivity contribution in [1.82, 2.24) is 10.2 Å². The summed E-state index contributed by atoms with van der Waals surface area (Å²) >= 11 is 6.07. The summed E-state index contributed by atoms with van der Waals surface area (Å²) in [7, 11) is 1.59. The molecule has 2 aliphatic rings. The zero-order valence-corrected chi connectivity index (χ0v) is 15.5. The number of nitrogens with zero attached hydrogens (tertiary/aromatic N) is 1. The first kappa shape index (κ1) is 17.8. The lowest BCUT2D eigenvalue weighted by Crippen LogP contribution is -2.46. The van der Waals surface area contributed by atoms with Crippen LogP contribution in [0.4, 0.5) is 9.18 Å². The van der Waals surface area contributed by atoms with Crippen LogP contribution in [-0.2, 0) is 23.3 Å². The summed E-state index contributed by atoms with van der Waals surface area (Å²) in [5.41, 5.74) is 0.759. The number of amides is 3. The van der Waals surface area contributed by atoms with Gasteiger partial charge in [-0.25, -0.2) is 9.18 Å². The summed E-state index contributed by atoms with van der Waals surface area (Å²) in [6.45, 7) is -0.205. The molecular formula is C20H18ClFN2O3. The Morgan fingerprint density at radius 1 is 1.30 bits per heavy atom. The molecule has 5 nitrogen and oxygen atoms in total. The van der Waals surface area contributed by atoms with Crippen molar-refractivity contribution in [1.29, 1.82) is 0 Å². The fraction of sp³-hybridized carbons (Fsp3) is 0.300. The van der Waals surface area contributed by atoms with E-state index in [4.69, 9.17) is 16.3 Å². The van der Waals surface area contributed by atoms with E-state index in [-0.39, 0.29) is 23.0 Å². The van der Waals surface area contributed by atoms with Crippen LogP contribution in [0.5, 0.6) is 5.75 Å². The smallest absolute Gasteiger partial charge is 0.325 e. The highest BCUT2D eigenvalue weighted by Crippen LogP contribution is 2.41. The van der Waals surface area contributed by atoms with Crippen molar-refractivity contribution in [2.75, 3.05) is 7.11 Å². The SMILES string of the molecule is COc1ccc2c(c1)CCCC21NC(=O)N(Cc2c(F)cccc2Cl)C1=O. The number of carbonyl (C=O) groups is 2. The van der Waals surface area contributed by atoms with Crippen LogP contribution in [0.15, 0.2) is 36.4 Å². The minimum Gasteiger partial charge on any atom is -0.497 e. The number of methoxy groups -OCH3 is 1. The molecule has 1 fully saturated rings. The highest BCUT2D eigenvalue weighted by Gasteiger charge is 2.54. The maximum Gasteiger partial charge on any atom is 0.325 e. The summed E-state index contributed by atoms with van der Waals surface area (Å²) < 4.78 is 19.4. The third-order valence-electron chi connectivity index (χ3n) is 5.32.